The molecule has 5 heteroatoms. The number of aryl methyl sites for hydroxylation is 1. The van der Waals surface area contributed by atoms with Gasteiger partial charge in [-0.05, 0) is 30.9 Å². The summed E-state index contributed by atoms with van der Waals surface area (Å²) >= 11 is 0. The Hall–Kier alpha value is -2.04. The summed E-state index contributed by atoms with van der Waals surface area (Å²) in [6, 6.07) is 7.30. The van der Waals surface area contributed by atoms with Gasteiger partial charge >= 0.3 is 12.0 Å². The minimum absolute atomic E-state index is 0.147. The van der Waals surface area contributed by atoms with E-state index in [1.54, 1.807) is 0 Å². The van der Waals surface area contributed by atoms with Crippen molar-refractivity contribution >= 4 is 17.7 Å². The SMILES string of the molecule is CCc1ccccc1NC(=O)N[C@@H]1CCC[C@@H]1C(=O)OC. The van der Waals surface area contributed by atoms with Crippen molar-refractivity contribution in [3.8, 4) is 0 Å². The Morgan fingerprint density at radius 1 is 1.29 bits per heavy atom. The summed E-state index contributed by atoms with van der Waals surface area (Å²) in [6.07, 6.45) is 3.35. The van der Waals surface area contributed by atoms with Crippen LogP contribution in [0.25, 0.3) is 0 Å². The van der Waals surface area contributed by atoms with Crippen LogP contribution < -0.4 is 10.6 Å². The maximum Gasteiger partial charge on any atom is 0.319 e. The van der Waals surface area contributed by atoms with Crippen LogP contribution in [0.2, 0.25) is 0 Å². The van der Waals surface area contributed by atoms with Crippen molar-refractivity contribution in [2.24, 2.45) is 5.92 Å². The molecule has 1 aromatic rings. The molecule has 1 aliphatic carbocycles. The van der Waals surface area contributed by atoms with E-state index >= 15 is 0 Å². The van der Waals surface area contributed by atoms with Crippen LogP contribution in [0.5, 0.6) is 0 Å². The van der Waals surface area contributed by atoms with Crippen LogP contribution in [0.15, 0.2) is 24.3 Å². The van der Waals surface area contributed by atoms with Gasteiger partial charge in [0.1, 0.15) is 0 Å². The van der Waals surface area contributed by atoms with Crippen LogP contribution in [0, 0.1) is 5.92 Å². The van der Waals surface area contributed by atoms with E-state index in [1.807, 2.05) is 31.2 Å². The van der Waals surface area contributed by atoms with Gasteiger partial charge in [0.2, 0.25) is 0 Å². The monoisotopic (exact) mass is 290 g/mol. The minimum Gasteiger partial charge on any atom is -0.469 e. The van der Waals surface area contributed by atoms with E-state index in [0.717, 1.165) is 36.9 Å². The van der Waals surface area contributed by atoms with Crippen LogP contribution >= 0.6 is 0 Å². The van der Waals surface area contributed by atoms with E-state index in [-0.39, 0.29) is 24.0 Å². The number of carbonyl (C=O) groups is 2. The van der Waals surface area contributed by atoms with Crippen LogP contribution in [0.3, 0.4) is 0 Å². The van der Waals surface area contributed by atoms with Crippen molar-refractivity contribution in [1.82, 2.24) is 5.32 Å². The van der Waals surface area contributed by atoms with Gasteiger partial charge in [0.05, 0.1) is 13.0 Å². The summed E-state index contributed by atoms with van der Waals surface area (Å²) in [4.78, 5) is 23.8. The fraction of sp³-hybridized carbons (Fsp3) is 0.500. The number of hydrogen-bond donors (Lipinski definition) is 2. The molecule has 5 nitrogen and oxygen atoms in total. The Morgan fingerprint density at radius 2 is 2.05 bits per heavy atom. The first-order valence-electron chi connectivity index (χ1n) is 7.39. The van der Waals surface area contributed by atoms with E-state index in [1.165, 1.54) is 7.11 Å². The van der Waals surface area contributed by atoms with Crippen molar-refractivity contribution in [3.05, 3.63) is 29.8 Å². The van der Waals surface area contributed by atoms with Crippen LogP contribution in [-0.4, -0.2) is 25.2 Å². The molecular formula is C16H22N2O3. The lowest BCUT2D eigenvalue weighted by atomic mass is 10.0. The fourth-order valence-electron chi connectivity index (χ4n) is 2.84. The van der Waals surface area contributed by atoms with Crippen molar-refractivity contribution in [3.63, 3.8) is 0 Å². The number of ether oxygens (including phenoxy) is 1. The zero-order valence-electron chi connectivity index (χ0n) is 12.5. The lowest BCUT2D eigenvalue weighted by Crippen LogP contribution is -2.42. The molecule has 2 rings (SSSR count). The average Bonchev–Trinajstić information content (AvgIpc) is 2.95. The lowest BCUT2D eigenvalue weighted by molar-refractivity contribution is -0.145. The first kappa shape index (κ1) is 15.4. The van der Waals surface area contributed by atoms with Gasteiger partial charge in [-0.3, -0.25) is 4.79 Å². The molecule has 1 aliphatic rings. The summed E-state index contributed by atoms with van der Waals surface area (Å²) < 4.78 is 4.79. The second kappa shape index (κ2) is 7.11. The van der Waals surface area contributed by atoms with Crippen LogP contribution in [-0.2, 0) is 16.0 Å². The Labute approximate surface area is 125 Å². The highest BCUT2D eigenvalue weighted by Crippen LogP contribution is 2.27. The largest absolute Gasteiger partial charge is 0.469 e. The fourth-order valence-corrected chi connectivity index (χ4v) is 2.84. The Bertz CT molecular complexity index is 516. The molecular weight excluding hydrogens is 268 g/mol. The van der Waals surface area contributed by atoms with Gasteiger partial charge in [0.15, 0.2) is 0 Å². The molecule has 0 bridgehead atoms. The van der Waals surface area contributed by atoms with E-state index in [9.17, 15) is 9.59 Å². The molecule has 0 saturated heterocycles. The van der Waals surface area contributed by atoms with Gasteiger partial charge in [0, 0.05) is 11.7 Å². The molecule has 0 spiro atoms. The normalized spacial score (nSPS) is 20.9. The predicted octanol–water partition coefficient (Wildman–Crippen LogP) is 2.71. The highest BCUT2D eigenvalue weighted by Gasteiger charge is 2.34. The second-order valence-electron chi connectivity index (χ2n) is 5.28. The quantitative estimate of drug-likeness (QED) is 0.838. The van der Waals surface area contributed by atoms with Gasteiger partial charge in [0.25, 0.3) is 0 Å². The van der Waals surface area contributed by atoms with Gasteiger partial charge < -0.3 is 15.4 Å². The van der Waals surface area contributed by atoms with Crippen molar-refractivity contribution in [2.45, 2.75) is 38.6 Å². The summed E-state index contributed by atoms with van der Waals surface area (Å²) in [5, 5.41) is 5.76. The number of esters is 1. The average molecular weight is 290 g/mol. The number of amides is 2. The van der Waals surface area contributed by atoms with Gasteiger partial charge in [-0.2, -0.15) is 0 Å². The van der Waals surface area contributed by atoms with Crippen LogP contribution in [0.1, 0.15) is 31.7 Å². The Morgan fingerprint density at radius 3 is 2.76 bits per heavy atom. The van der Waals surface area contributed by atoms with Crippen molar-refractivity contribution in [1.29, 1.82) is 0 Å². The van der Waals surface area contributed by atoms with E-state index in [0.29, 0.717) is 0 Å². The summed E-state index contributed by atoms with van der Waals surface area (Å²) in [6.45, 7) is 2.04. The number of carbonyl (C=O) groups excluding carboxylic acids is 2. The van der Waals surface area contributed by atoms with Crippen LogP contribution in [0.4, 0.5) is 10.5 Å². The highest BCUT2D eigenvalue weighted by atomic mass is 16.5. The number of rotatable bonds is 4. The third kappa shape index (κ3) is 3.74. The van der Waals surface area contributed by atoms with Crippen molar-refractivity contribution < 1.29 is 14.3 Å². The van der Waals surface area contributed by atoms with E-state index in [2.05, 4.69) is 10.6 Å². The third-order valence-electron chi connectivity index (χ3n) is 3.98. The number of nitrogens with one attached hydrogen (secondary N) is 2. The highest BCUT2D eigenvalue weighted by molar-refractivity contribution is 5.90. The standard InChI is InChI=1S/C16H22N2O3/c1-3-11-7-4-5-9-13(11)17-16(20)18-14-10-6-8-12(14)15(19)21-2/h4-5,7,9,12,14H,3,6,8,10H2,1-2H3,(H2,17,18,20)/t12-,14+/m0/s1. The molecule has 0 aliphatic heterocycles. The van der Waals surface area contributed by atoms with Gasteiger partial charge in [-0.25, -0.2) is 4.79 Å². The summed E-state index contributed by atoms with van der Waals surface area (Å²) in [5.74, 6) is -0.478. The molecule has 0 unspecified atom stereocenters. The number of methoxy groups -OCH3 is 1. The maximum atomic E-state index is 12.1. The Balaban J connectivity index is 1.97. The van der Waals surface area contributed by atoms with Gasteiger partial charge in [-0.15, -0.1) is 0 Å². The number of urea groups is 1. The zero-order valence-corrected chi connectivity index (χ0v) is 12.5. The molecule has 21 heavy (non-hydrogen) atoms. The first-order valence-corrected chi connectivity index (χ1v) is 7.39. The molecule has 0 radical (unpaired) electrons. The zero-order chi connectivity index (χ0) is 15.2. The number of benzene rings is 1. The topological polar surface area (TPSA) is 67.4 Å². The first-order chi connectivity index (χ1) is 10.2. The molecule has 2 atom stereocenters. The predicted molar refractivity (Wildman–Crippen MR) is 81.1 cm³/mol. The number of hydrogen-bond acceptors (Lipinski definition) is 3. The maximum absolute atomic E-state index is 12.1. The number of para-hydroxylation sites is 1. The minimum atomic E-state index is -0.267. The second-order valence-corrected chi connectivity index (χ2v) is 5.28. The molecule has 0 heterocycles. The van der Waals surface area contributed by atoms with E-state index in [4.69, 9.17) is 4.74 Å². The lowest BCUT2D eigenvalue weighted by Gasteiger charge is -2.19. The molecule has 1 fully saturated rings. The third-order valence-corrected chi connectivity index (χ3v) is 3.98. The molecule has 2 N–H and O–H groups in total. The Kier molecular flexibility index (Phi) is 5.20. The summed E-state index contributed by atoms with van der Waals surface area (Å²) in [5.41, 5.74) is 1.90. The van der Waals surface area contributed by atoms with Crippen molar-refractivity contribution in [2.75, 3.05) is 12.4 Å². The smallest absolute Gasteiger partial charge is 0.319 e. The summed E-state index contributed by atoms with van der Waals surface area (Å²) in [7, 11) is 1.38. The van der Waals surface area contributed by atoms with E-state index < -0.39 is 0 Å². The molecule has 1 aromatic carbocycles. The molecule has 1 saturated carbocycles. The van der Waals surface area contributed by atoms with Gasteiger partial charge in [-0.1, -0.05) is 31.5 Å². The molecule has 114 valence electrons. The molecule has 2 amide bonds. The number of anilines is 1. The molecule has 0 aromatic heterocycles.